The molecule has 0 aliphatic carbocycles. The topological polar surface area (TPSA) is 42.8 Å². The third kappa shape index (κ3) is 3.81. The lowest BCUT2D eigenvalue weighted by molar-refractivity contribution is -0.316. The highest BCUT2D eigenvalue weighted by Crippen LogP contribution is 2.46. The Bertz CT molecular complexity index is 439. The van der Waals surface area contributed by atoms with Gasteiger partial charge in [-0.25, -0.2) is 0 Å². The van der Waals surface area contributed by atoms with Crippen LogP contribution in [0.1, 0.15) is 0 Å². The standard InChI is InChI=1S/C5H11F5N3OP3Si/c1-18(2,3)14-17-12-15-11-16-13(17)5(9,10)4(6,7)8/h12,15H,1-3H3. The first kappa shape index (κ1) is 16.2. The molecule has 0 aromatic carbocycles. The second-order valence-corrected chi connectivity index (χ2v) is 12.9. The molecule has 0 radical (unpaired) electrons. The molecule has 0 amide bonds. The number of alkyl halides is 5. The molecule has 0 bridgehead atoms. The van der Waals surface area contributed by atoms with Gasteiger partial charge in [0.05, 0.1) is 0 Å². The predicted molar refractivity (Wildman–Crippen MR) is 65.1 cm³/mol. The van der Waals surface area contributed by atoms with Gasteiger partial charge in [-0.3, -0.25) is 4.51 Å². The number of aromatic nitrogens is 3. The smallest absolute Gasteiger partial charge is 0.348 e. The van der Waals surface area contributed by atoms with Gasteiger partial charge in [0.2, 0.25) is 0 Å². The molecule has 2 unspecified atom stereocenters. The number of aromatic amines is 1. The summed E-state index contributed by atoms with van der Waals surface area (Å²) in [6.07, 6.45) is -5.65. The Kier molecular flexibility index (Phi) is 4.72. The fourth-order valence-corrected chi connectivity index (χ4v) is 7.57. The highest BCUT2D eigenvalue weighted by atomic mass is 31.2. The van der Waals surface area contributed by atoms with Crippen LogP contribution in [-0.2, 0) is 6.05 Å². The van der Waals surface area contributed by atoms with Crippen LogP contribution in [-0.4, -0.2) is 27.6 Å². The molecule has 1 aromatic heterocycles. The fourth-order valence-electron chi connectivity index (χ4n) is 0.818. The van der Waals surface area contributed by atoms with Crippen LogP contribution in [0.3, 0.4) is 0 Å². The summed E-state index contributed by atoms with van der Waals surface area (Å²) in [5.41, 5.74) is 0. The third-order valence-electron chi connectivity index (χ3n) is 1.45. The highest BCUT2D eigenvalue weighted by molar-refractivity contribution is 7.52. The minimum absolute atomic E-state index is 0.0723. The van der Waals surface area contributed by atoms with Crippen LogP contribution < -0.4 is 4.21 Å². The maximum Gasteiger partial charge on any atom is 0.476 e. The molecule has 1 N–H and O–H groups in total. The second-order valence-electron chi connectivity index (χ2n) is 4.22. The van der Waals surface area contributed by atoms with Gasteiger partial charge in [0, 0.05) is 8.51 Å². The highest BCUT2D eigenvalue weighted by Gasteiger charge is 2.60. The van der Waals surface area contributed by atoms with Crippen LogP contribution in [0.4, 0.5) is 22.0 Å². The van der Waals surface area contributed by atoms with Gasteiger partial charge in [-0.05, 0) is 19.6 Å². The van der Waals surface area contributed by atoms with Crippen LogP contribution in [0, 0.1) is 0 Å². The summed E-state index contributed by atoms with van der Waals surface area (Å²) in [5.74, 6) is 0. The summed E-state index contributed by atoms with van der Waals surface area (Å²) in [7, 11) is -5.09. The van der Waals surface area contributed by atoms with E-state index in [2.05, 4.69) is 9.02 Å². The first-order valence-electron chi connectivity index (χ1n) is 4.60. The van der Waals surface area contributed by atoms with Crippen molar-refractivity contribution < 1.29 is 26.2 Å². The van der Waals surface area contributed by atoms with E-state index in [0.29, 0.717) is 0 Å². The van der Waals surface area contributed by atoms with Gasteiger partial charge in [0.15, 0.2) is 16.4 Å². The van der Waals surface area contributed by atoms with E-state index < -0.39 is 37.1 Å². The Morgan fingerprint density at radius 2 is 1.83 bits per heavy atom. The summed E-state index contributed by atoms with van der Waals surface area (Å²) in [5, 5.41) is 0. The van der Waals surface area contributed by atoms with Gasteiger partial charge >= 0.3 is 12.2 Å². The predicted octanol–water partition coefficient (Wildman–Crippen LogP) is 4.31. The number of nitrogens with zero attached hydrogens (tertiary/aromatic N) is 2. The molecule has 18 heavy (non-hydrogen) atoms. The monoisotopic (exact) mass is 345 g/mol. The van der Waals surface area contributed by atoms with E-state index in [9.17, 15) is 22.0 Å². The van der Waals surface area contributed by atoms with Gasteiger partial charge in [-0.1, -0.05) is 0 Å². The molecule has 0 fully saturated rings. The van der Waals surface area contributed by atoms with Crippen molar-refractivity contribution in [1.29, 1.82) is 0 Å². The summed E-state index contributed by atoms with van der Waals surface area (Å²) in [6, 6.07) is -4.96. The maximum absolute atomic E-state index is 13.3. The number of H-pyrrole nitrogens is 1. The molecule has 1 rings (SSSR count). The third-order valence-corrected chi connectivity index (χ3v) is 8.00. The van der Waals surface area contributed by atoms with Crippen molar-refractivity contribution in [2.75, 3.05) is 0 Å². The van der Waals surface area contributed by atoms with Crippen molar-refractivity contribution in [3.05, 3.63) is 0 Å². The van der Waals surface area contributed by atoms with E-state index in [1.54, 1.807) is 19.6 Å². The Morgan fingerprint density at radius 1 is 1.28 bits per heavy atom. The lowest BCUT2D eigenvalue weighted by Crippen LogP contribution is -2.39. The molecular formula is C5H11F5N3OP3Si. The molecule has 0 saturated carbocycles. The van der Waals surface area contributed by atoms with Crippen molar-refractivity contribution in [2.45, 2.75) is 31.9 Å². The molecule has 1 aromatic rings. The minimum Gasteiger partial charge on any atom is -0.348 e. The van der Waals surface area contributed by atoms with E-state index >= 15 is 0 Å². The lowest BCUT2D eigenvalue weighted by Gasteiger charge is -2.26. The largest absolute Gasteiger partial charge is 0.476 e. The van der Waals surface area contributed by atoms with E-state index in [-0.39, 0.29) is 12.6 Å². The zero-order chi connectivity index (χ0) is 14.2. The number of hydrogen-bond donors (Lipinski definition) is 1. The second kappa shape index (κ2) is 5.25. The zero-order valence-electron chi connectivity index (χ0n) is 9.59. The van der Waals surface area contributed by atoms with Gasteiger partial charge in [0.1, 0.15) is 8.51 Å². The van der Waals surface area contributed by atoms with Crippen LogP contribution in [0.2, 0.25) is 19.6 Å². The summed E-state index contributed by atoms with van der Waals surface area (Å²) >= 11 is 0. The van der Waals surface area contributed by atoms with Crippen molar-refractivity contribution in [1.82, 2.24) is 13.1 Å². The first-order chi connectivity index (χ1) is 7.95. The maximum atomic E-state index is 13.3. The summed E-state index contributed by atoms with van der Waals surface area (Å²) < 4.78 is 74.8. The van der Waals surface area contributed by atoms with Gasteiger partial charge in [-0.2, -0.15) is 30.6 Å². The molecule has 4 nitrogen and oxygen atoms in total. The Labute approximate surface area is 105 Å². The summed E-state index contributed by atoms with van der Waals surface area (Å²) in [4.78, 5) is 0. The van der Waals surface area contributed by atoms with Gasteiger partial charge in [-0.15, -0.1) is 0 Å². The number of nitrogens with one attached hydrogen (secondary N) is 1. The van der Waals surface area contributed by atoms with E-state index in [0.717, 1.165) is 0 Å². The van der Waals surface area contributed by atoms with Crippen LogP contribution in [0.25, 0.3) is 0 Å². The Morgan fingerprint density at radius 3 is 2.28 bits per heavy atom. The Hall–Kier alpha value is 0.127. The Balaban J connectivity index is 3.26. The van der Waals surface area contributed by atoms with E-state index in [1.807, 2.05) is 0 Å². The van der Waals surface area contributed by atoms with Gasteiger partial charge < -0.3 is 4.21 Å². The molecule has 13 heteroatoms. The number of halogens is 5. The van der Waals surface area contributed by atoms with Gasteiger partial charge in [0.25, 0.3) is 0 Å². The molecular weight excluding hydrogens is 334 g/mol. The molecule has 1 heterocycles. The minimum atomic E-state index is -5.65. The summed E-state index contributed by atoms with van der Waals surface area (Å²) in [6.45, 7) is 5.14. The molecule has 0 aliphatic heterocycles. The van der Waals surface area contributed by atoms with Crippen molar-refractivity contribution in [3.8, 4) is 0 Å². The first-order valence-corrected chi connectivity index (χ1v) is 11.0. The van der Waals surface area contributed by atoms with Crippen molar-refractivity contribution in [2.24, 2.45) is 0 Å². The normalized spacial score (nSPS) is 15.7. The molecule has 0 spiro atoms. The average molecular weight is 345 g/mol. The molecule has 2 atom stereocenters. The SMILES string of the molecule is C[Si](C)(C)Op1[nH][pH]npn1C(F)(F)C(F)(F)F. The van der Waals surface area contributed by atoms with Crippen LogP contribution in [0.15, 0.2) is 0 Å². The quantitative estimate of drug-likeness (QED) is 0.655. The average Bonchev–Trinajstić information content (AvgIpc) is 2.13. The molecule has 106 valence electrons. The van der Waals surface area contributed by atoms with E-state index in [4.69, 9.17) is 4.21 Å². The zero-order valence-corrected chi connectivity index (χ0v) is 13.4. The van der Waals surface area contributed by atoms with Crippen molar-refractivity contribution >= 4 is 33.4 Å². The van der Waals surface area contributed by atoms with Crippen LogP contribution in [0.5, 0.6) is 0 Å². The van der Waals surface area contributed by atoms with Crippen LogP contribution >= 0.6 is 25.1 Å². The lowest BCUT2D eigenvalue weighted by atomic mass is 10.6. The van der Waals surface area contributed by atoms with E-state index in [1.165, 1.54) is 0 Å². The molecule has 0 saturated heterocycles. The van der Waals surface area contributed by atoms with Crippen molar-refractivity contribution in [3.63, 3.8) is 0 Å². The molecule has 0 aliphatic rings. The number of hydrogen-bond acceptors (Lipinski definition) is 2. The number of rotatable bonds is 3. The fraction of sp³-hybridized carbons (Fsp3) is 1.00.